The zero-order valence-electron chi connectivity index (χ0n) is 10.9. The van der Waals surface area contributed by atoms with Crippen LogP contribution in [0.2, 0.25) is 0 Å². The summed E-state index contributed by atoms with van der Waals surface area (Å²) in [5, 5.41) is 14.8. The van der Waals surface area contributed by atoms with Crippen molar-refractivity contribution in [1.82, 2.24) is 10.3 Å². The normalized spacial score (nSPS) is 18.9. The average Bonchev–Trinajstić information content (AvgIpc) is 2.47. The van der Waals surface area contributed by atoms with Crippen LogP contribution in [0.5, 0.6) is 5.88 Å². The van der Waals surface area contributed by atoms with Gasteiger partial charge in [-0.25, -0.2) is 4.98 Å². The number of ether oxygens (including phenoxy) is 1. The maximum Gasteiger partial charge on any atom is 0.270 e. The van der Waals surface area contributed by atoms with Gasteiger partial charge in [0.15, 0.2) is 0 Å². The van der Waals surface area contributed by atoms with E-state index >= 15 is 0 Å². The number of hydrogen-bond donors (Lipinski definition) is 1. The number of nitrogens with one attached hydrogen (secondary N) is 1. The van der Waals surface area contributed by atoms with E-state index in [0.717, 1.165) is 31.3 Å². The monoisotopic (exact) mass is 273 g/mol. The Balaban J connectivity index is 1.83. The smallest absolute Gasteiger partial charge is 0.270 e. The largest absolute Gasteiger partial charge is 0.473 e. The fourth-order valence-corrected chi connectivity index (χ4v) is 2.36. The van der Waals surface area contributed by atoms with Crippen LogP contribution < -0.4 is 10.1 Å². The maximum absolute atomic E-state index is 10.7. The van der Waals surface area contributed by atoms with Gasteiger partial charge in [0.1, 0.15) is 6.10 Å². The van der Waals surface area contributed by atoms with Gasteiger partial charge in [0.2, 0.25) is 5.88 Å². The van der Waals surface area contributed by atoms with Gasteiger partial charge < -0.3 is 10.1 Å². The Labute approximate surface area is 115 Å². The Bertz CT molecular complexity index is 639. The van der Waals surface area contributed by atoms with Crippen LogP contribution in [0.1, 0.15) is 12.8 Å². The van der Waals surface area contributed by atoms with Crippen LogP contribution in [0.15, 0.2) is 30.3 Å². The van der Waals surface area contributed by atoms with Crippen molar-refractivity contribution >= 4 is 16.6 Å². The van der Waals surface area contributed by atoms with Crippen molar-refractivity contribution in [3.05, 3.63) is 40.4 Å². The van der Waals surface area contributed by atoms with Gasteiger partial charge in [0, 0.05) is 30.1 Å². The van der Waals surface area contributed by atoms with E-state index in [1.165, 1.54) is 12.1 Å². The minimum absolute atomic E-state index is 0.0736. The fourth-order valence-electron chi connectivity index (χ4n) is 2.36. The number of aromatic nitrogens is 1. The van der Waals surface area contributed by atoms with Crippen molar-refractivity contribution in [2.45, 2.75) is 18.9 Å². The minimum atomic E-state index is -0.405. The van der Waals surface area contributed by atoms with Gasteiger partial charge in [-0.3, -0.25) is 10.1 Å². The average molecular weight is 273 g/mol. The van der Waals surface area contributed by atoms with E-state index in [1.54, 1.807) is 18.2 Å². The zero-order valence-corrected chi connectivity index (χ0v) is 10.9. The molecule has 1 unspecified atom stereocenters. The first-order chi connectivity index (χ1) is 9.72. The third kappa shape index (κ3) is 2.70. The van der Waals surface area contributed by atoms with Gasteiger partial charge in [0.25, 0.3) is 5.69 Å². The Morgan fingerprint density at radius 3 is 3.00 bits per heavy atom. The third-order valence-corrected chi connectivity index (χ3v) is 3.40. The van der Waals surface area contributed by atoms with Gasteiger partial charge in [-0.05, 0) is 31.5 Å². The summed E-state index contributed by atoms with van der Waals surface area (Å²) in [7, 11) is 0. The highest BCUT2D eigenvalue weighted by atomic mass is 16.6. The van der Waals surface area contributed by atoms with Crippen LogP contribution in [-0.2, 0) is 0 Å². The predicted octanol–water partition coefficient (Wildman–Crippen LogP) is 2.27. The first-order valence-corrected chi connectivity index (χ1v) is 6.65. The lowest BCUT2D eigenvalue weighted by Gasteiger charge is -2.23. The highest BCUT2D eigenvalue weighted by Crippen LogP contribution is 2.22. The van der Waals surface area contributed by atoms with Crippen molar-refractivity contribution in [2.24, 2.45) is 0 Å². The van der Waals surface area contributed by atoms with E-state index in [9.17, 15) is 10.1 Å². The quantitative estimate of drug-likeness (QED) is 0.685. The van der Waals surface area contributed by atoms with E-state index in [-0.39, 0.29) is 11.8 Å². The molecule has 1 N–H and O–H groups in total. The van der Waals surface area contributed by atoms with E-state index in [1.807, 2.05) is 0 Å². The van der Waals surface area contributed by atoms with Gasteiger partial charge in [-0.2, -0.15) is 0 Å². The standard InChI is InChI=1S/C14H15N3O3/c18-17(19)11-4-5-13-10(8-11)3-6-14(16-13)20-12-2-1-7-15-9-12/h3-6,8,12,15H,1-2,7,9H2. The van der Waals surface area contributed by atoms with Crippen LogP contribution in [0, 0.1) is 10.1 Å². The molecule has 0 spiro atoms. The van der Waals surface area contributed by atoms with Crippen LogP contribution in [0.25, 0.3) is 10.9 Å². The number of rotatable bonds is 3. The lowest BCUT2D eigenvalue weighted by molar-refractivity contribution is -0.384. The summed E-state index contributed by atoms with van der Waals surface area (Å²) >= 11 is 0. The van der Waals surface area contributed by atoms with E-state index in [4.69, 9.17) is 4.74 Å². The Morgan fingerprint density at radius 2 is 2.25 bits per heavy atom. The predicted molar refractivity (Wildman–Crippen MR) is 74.9 cm³/mol. The SMILES string of the molecule is O=[N+]([O-])c1ccc2nc(OC3CCCNC3)ccc2c1. The molecule has 0 aliphatic carbocycles. The third-order valence-electron chi connectivity index (χ3n) is 3.40. The number of non-ortho nitro benzene ring substituents is 1. The van der Waals surface area contributed by atoms with Crippen LogP contribution in [0.3, 0.4) is 0 Å². The molecule has 6 nitrogen and oxygen atoms in total. The number of nitro groups is 1. The number of nitro benzene ring substituents is 1. The Kier molecular flexibility index (Phi) is 3.47. The summed E-state index contributed by atoms with van der Waals surface area (Å²) in [5.74, 6) is 0.569. The molecular formula is C14H15N3O3. The molecule has 1 saturated heterocycles. The molecule has 6 heteroatoms. The summed E-state index contributed by atoms with van der Waals surface area (Å²) < 4.78 is 5.83. The molecule has 20 heavy (non-hydrogen) atoms. The molecular weight excluding hydrogens is 258 g/mol. The fraction of sp³-hybridized carbons (Fsp3) is 0.357. The first kappa shape index (κ1) is 12.8. The van der Waals surface area contributed by atoms with Crippen molar-refractivity contribution in [1.29, 1.82) is 0 Å². The number of fused-ring (bicyclic) bond motifs is 1. The molecule has 0 radical (unpaired) electrons. The van der Waals surface area contributed by atoms with Crippen molar-refractivity contribution in [2.75, 3.05) is 13.1 Å². The highest BCUT2D eigenvalue weighted by molar-refractivity contribution is 5.81. The maximum atomic E-state index is 10.7. The van der Waals surface area contributed by atoms with Gasteiger partial charge >= 0.3 is 0 Å². The lowest BCUT2D eigenvalue weighted by Crippen LogP contribution is -2.37. The van der Waals surface area contributed by atoms with Crippen LogP contribution >= 0.6 is 0 Å². The second kappa shape index (κ2) is 5.42. The Hall–Kier alpha value is -2.21. The number of piperidine rings is 1. The molecule has 1 aliphatic heterocycles. The molecule has 1 aromatic heterocycles. The second-order valence-corrected chi connectivity index (χ2v) is 4.87. The molecule has 1 atom stereocenters. The molecule has 1 fully saturated rings. The van der Waals surface area contributed by atoms with Crippen molar-refractivity contribution < 1.29 is 9.66 Å². The molecule has 1 aromatic carbocycles. The molecule has 1 aliphatic rings. The Morgan fingerprint density at radius 1 is 1.35 bits per heavy atom. The van der Waals surface area contributed by atoms with Crippen molar-refractivity contribution in [3.63, 3.8) is 0 Å². The zero-order chi connectivity index (χ0) is 13.9. The molecule has 2 aromatic rings. The number of hydrogen-bond acceptors (Lipinski definition) is 5. The summed E-state index contributed by atoms with van der Waals surface area (Å²) in [4.78, 5) is 14.7. The molecule has 104 valence electrons. The van der Waals surface area contributed by atoms with E-state index in [2.05, 4.69) is 10.3 Å². The summed E-state index contributed by atoms with van der Waals surface area (Å²) in [5.41, 5.74) is 0.779. The first-order valence-electron chi connectivity index (χ1n) is 6.65. The van der Waals surface area contributed by atoms with E-state index in [0.29, 0.717) is 11.4 Å². The van der Waals surface area contributed by atoms with Crippen molar-refractivity contribution in [3.8, 4) is 5.88 Å². The molecule has 0 bridgehead atoms. The number of pyridine rings is 1. The van der Waals surface area contributed by atoms with Gasteiger partial charge in [-0.15, -0.1) is 0 Å². The topological polar surface area (TPSA) is 77.3 Å². The summed E-state index contributed by atoms with van der Waals surface area (Å²) in [6.07, 6.45) is 2.27. The van der Waals surface area contributed by atoms with Gasteiger partial charge in [-0.1, -0.05) is 0 Å². The molecule has 0 amide bonds. The second-order valence-electron chi connectivity index (χ2n) is 4.87. The molecule has 2 heterocycles. The van der Waals surface area contributed by atoms with Gasteiger partial charge in [0.05, 0.1) is 10.4 Å². The lowest BCUT2D eigenvalue weighted by atomic mass is 10.1. The number of nitrogens with zero attached hydrogens (tertiary/aromatic N) is 2. The van der Waals surface area contributed by atoms with Crippen LogP contribution in [0.4, 0.5) is 5.69 Å². The molecule has 3 rings (SSSR count). The number of benzene rings is 1. The highest BCUT2D eigenvalue weighted by Gasteiger charge is 2.15. The summed E-state index contributed by atoms with van der Waals surface area (Å²) in [6.45, 7) is 1.87. The van der Waals surface area contributed by atoms with Crippen LogP contribution in [-0.4, -0.2) is 29.1 Å². The van der Waals surface area contributed by atoms with E-state index < -0.39 is 4.92 Å². The molecule has 0 saturated carbocycles. The summed E-state index contributed by atoms with van der Waals surface area (Å²) in [6, 6.07) is 8.20. The minimum Gasteiger partial charge on any atom is -0.473 e.